The highest BCUT2D eigenvalue weighted by atomic mass is 16.2. The van der Waals surface area contributed by atoms with Gasteiger partial charge < -0.3 is 15.1 Å². The Kier molecular flexibility index (Phi) is 7.79. The van der Waals surface area contributed by atoms with Crippen LogP contribution in [0.2, 0.25) is 0 Å². The highest BCUT2D eigenvalue weighted by Gasteiger charge is 2.39. The summed E-state index contributed by atoms with van der Waals surface area (Å²) < 4.78 is 0. The number of imide groups is 1. The molecule has 7 nitrogen and oxygen atoms in total. The predicted octanol–water partition coefficient (Wildman–Crippen LogP) is 3.30. The lowest BCUT2D eigenvalue weighted by molar-refractivity contribution is -0.136. The van der Waals surface area contributed by atoms with Gasteiger partial charge >= 0.3 is 0 Å². The van der Waals surface area contributed by atoms with Crippen LogP contribution in [-0.2, 0) is 16.1 Å². The zero-order chi connectivity index (χ0) is 22.3. The molecule has 3 aliphatic heterocycles. The van der Waals surface area contributed by atoms with E-state index < -0.39 is 6.04 Å². The second-order valence-electron chi connectivity index (χ2n) is 9.33. The number of carbonyl (C=O) groups is 3. The van der Waals surface area contributed by atoms with Crippen molar-refractivity contribution in [3.05, 3.63) is 29.3 Å². The molecular weight excluding hydrogens is 404 g/mol. The van der Waals surface area contributed by atoms with Gasteiger partial charge in [-0.2, -0.15) is 0 Å². The zero-order valence-electron chi connectivity index (χ0n) is 19.0. The number of nitrogens with zero attached hydrogens (tertiary/aromatic N) is 2. The highest BCUT2D eigenvalue weighted by Crippen LogP contribution is 2.32. The third-order valence-corrected chi connectivity index (χ3v) is 7.00. The van der Waals surface area contributed by atoms with Crippen LogP contribution in [0.1, 0.15) is 80.1 Å². The molecule has 32 heavy (non-hydrogen) atoms. The number of amides is 3. The van der Waals surface area contributed by atoms with E-state index in [2.05, 4.69) is 15.5 Å². The van der Waals surface area contributed by atoms with Crippen LogP contribution in [0.15, 0.2) is 18.2 Å². The van der Waals surface area contributed by atoms with Crippen LogP contribution < -0.4 is 10.6 Å². The fourth-order valence-corrected chi connectivity index (χ4v) is 5.15. The average molecular weight is 441 g/mol. The molecule has 2 N–H and O–H groups in total. The monoisotopic (exact) mass is 440 g/mol. The molecule has 0 saturated carbocycles. The van der Waals surface area contributed by atoms with E-state index in [9.17, 15) is 14.4 Å². The Morgan fingerprint density at radius 2 is 1.72 bits per heavy atom. The van der Waals surface area contributed by atoms with Gasteiger partial charge in [0.15, 0.2) is 0 Å². The number of rotatable bonds is 11. The van der Waals surface area contributed by atoms with Crippen LogP contribution in [0, 0.1) is 0 Å². The second kappa shape index (κ2) is 10.9. The standard InChI is InChI=1S/C25H36N4O3/c30-23-13-12-22(24(31)27-23)29-18-20-19(25(29)32)10-9-11-21(20)26-14-5-3-1-2-4-6-15-28-16-7-8-17-28/h9-11,22,26H,1-8,12-18H2,(H,27,30,31). The van der Waals surface area contributed by atoms with Crippen molar-refractivity contribution in [3.8, 4) is 0 Å². The van der Waals surface area contributed by atoms with Crippen molar-refractivity contribution in [1.82, 2.24) is 15.1 Å². The van der Waals surface area contributed by atoms with E-state index in [1.54, 1.807) is 4.90 Å². The smallest absolute Gasteiger partial charge is 0.255 e. The van der Waals surface area contributed by atoms with Crippen molar-refractivity contribution in [2.24, 2.45) is 0 Å². The number of benzene rings is 1. The molecule has 0 aliphatic carbocycles. The molecule has 0 aromatic heterocycles. The molecule has 3 amide bonds. The molecule has 2 saturated heterocycles. The van der Waals surface area contributed by atoms with E-state index >= 15 is 0 Å². The van der Waals surface area contributed by atoms with E-state index in [1.165, 1.54) is 64.6 Å². The number of hydrogen-bond acceptors (Lipinski definition) is 5. The van der Waals surface area contributed by atoms with Gasteiger partial charge in [-0.3, -0.25) is 19.7 Å². The van der Waals surface area contributed by atoms with Crippen molar-refractivity contribution in [2.75, 3.05) is 31.5 Å². The van der Waals surface area contributed by atoms with Gasteiger partial charge in [0, 0.05) is 36.3 Å². The molecule has 2 fully saturated rings. The summed E-state index contributed by atoms with van der Waals surface area (Å²) in [5.41, 5.74) is 2.61. The largest absolute Gasteiger partial charge is 0.385 e. The van der Waals surface area contributed by atoms with E-state index in [0.717, 1.165) is 24.2 Å². The number of carbonyl (C=O) groups excluding carboxylic acids is 3. The van der Waals surface area contributed by atoms with Gasteiger partial charge in [0.1, 0.15) is 6.04 Å². The third-order valence-electron chi connectivity index (χ3n) is 7.00. The zero-order valence-corrected chi connectivity index (χ0v) is 19.0. The van der Waals surface area contributed by atoms with E-state index in [1.807, 2.05) is 18.2 Å². The van der Waals surface area contributed by atoms with Gasteiger partial charge in [-0.05, 0) is 63.9 Å². The normalized spacial score (nSPS) is 21.2. The molecule has 0 bridgehead atoms. The van der Waals surface area contributed by atoms with Crippen LogP contribution in [0.5, 0.6) is 0 Å². The topological polar surface area (TPSA) is 81.8 Å². The molecule has 1 aromatic rings. The van der Waals surface area contributed by atoms with Crippen LogP contribution >= 0.6 is 0 Å². The summed E-state index contributed by atoms with van der Waals surface area (Å²) in [4.78, 5) is 40.8. The number of likely N-dealkylation sites (tertiary alicyclic amines) is 1. The fraction of sp³-hybridized carbons (Fsp3) is 0.640. The van der Waals surface area contributed by atoms with Crippen LogP contribution in [0.3, 0.4) is 0 Å². The van der Waals surface area contributed by atoms with E-state index in [0.29, 0.717) is 18.5 Å². The number of anilines is 1. The molecule has 0 radical (unpaired) electrons. The van der Waals surface area contributed by atoms with Crippen LogP contribution in [0.4, 0.5) is 5.69 Å². The van der Waals surface area contributed by atoms with E-state index in [-0.39, 0.29) is 24.1 Å². The molecule has 1 unspecified atom stereocenters. The first-order valence-electron chi connectivity index (χ1n) is 12.4. The lowest BCUT2D eigenvalue weighted by atomic mass is 10.0. The number of nitrogens with one attached hydrogen (secondary N) is 2. The molecular formula is C25H36N4O3. The summed E-state index contributed by atoms with van der Waals surface area (Å²) in [6.07, 6.45) is 11.0. The third kappa shape index (κ3) is 5.49. The molecule has 4 rings (SSSR count). The van der Waals surface area contributed by atoms with Crippen LogP contribution in [-0.4, -0.2) is 59.7 Å². The Labute approximate surface area is 190 Å². The minimum atomic E-state index is -0.564. The Balaban J connectivity index is 1.17. The molecule has 1 atom stereocenters. The molecule has 3 heterocycles. The Morgan fingerprint density at radius 1 is 0.969 bits per heavy atom. The molecule has 0 spiro atoms. The SMILES string of the molecule is O=C1CCC(N2Cc3c(NCCCCCCCCN4CCCC4)cccc3C2=O)C(=O)N1. The summed E-state index contributed by atoms with van der Waals surface area (Å²) in [6, 6.07) is 5.17. The first-order valence-corrected chi connectivity index (χ1v) is 12.4. The quantitative estimate of drug-likeness (QED) is 0.408. The highest BCUT2D eigenvalue weighted by molar-refractivity contribution is 6.06. The summed E-state index contributed by atoms with van der Waals surface area (Å²) in [5, 5.41) is 5.87. The van der Waals surface area contributed by atoms with Crippen molar-refractivity contribution < 1.29 is 14.4 Å². The van der Waals surface area contributed by atoms with Crippen molar-refractivity contribution >= 4 is 23.4 Å². The average Bonchev–Trinajstić information content (AvgIpc) is 3.41. The van der Waals surface area contributed by atoms with Crippen molar-refractivity contribution in [1.29, 1.82) is 0 Å². The Bertz CT molecular complexity index is 834. The lowest BCUT2D eigenvalue weighted by Gasteiger charge is -2.29. The summed E-state index contributed by atoms with van der Waals surface area (Å²) in [7, 11) is 0. The van der Waals surface area contributed by atoms with Crippen molar-refractivity contribution in [3.63, 3.8) is 0 Å². The molecule has 1 aromatic carbocycles. The first-order chi connectivity index (χ1) is 15.6. The first kappa shape index (κ1) is 22.8. The number of hydrogen-bond donors (Lipinski definition) is 2. The summed E-state index contributed by atoms with van der Waals surface area (Å²) in [6.45, 7) is 5.17. The maximum Gasteiger partial charge on any atom is 0.255 e. The minimum Gasteiger partial charge on any atom is -0.385 e. The number of piperidine rings is 1. The van der Waals surface area contributed by atoms with Gasteiger partial charge in [-0.15, -0.1) is 0 Å². The van der Waals surface area contributed by atoms with Gasteiger partial charge in [0.25, 0.3) is 5.91 Å². The molecule has 174 valence electrons. The Hall–Kier alpha value is -2.41. The fourth-order valence-electron chi connectivity index (χ4n) is 5.15. The van der Waals surface area contributed by atoms with Gasteiger partial charge in [-0.25, -0.2) is 0 Å². The predicted molar refractivity (Wildman–Crippen MR) is 124 cm³/mol. The number of unbranched alkanes of at least 4 members (excludes halogenated alkanes) is 5. The summed E-state index contributed by atoms with van der Waals surface area (Å²) >= 11 is 0. The van der Waals surface area contributed by atoms with Gasteiger partial charge in [0.2, 0.25) is 11.8 Å². The Morgan fingerprint density at radius 3 is 2.50 bits per heavy atom. The van der Waals surface area contributed by atoms with Crippen LogP contribution in [0.25, 0.3) is 0 Å². The maximum atomic E-state index is 12.9. The van der Waals surface area contributed by atoms with E-state index in [4.69, 9.17) is 0 Å². The lowest BCUT2D eigenvalue weighted by Crippen LogP contribution is -2.52. The minimum absolute atomic E-state index is 0.118. The molecule has 7 heteroatoms. The van der Waals surface area contributed by atoms with Gasteiger partial charge in [-0.1, -0.05) is 31.7 Å². The second-order valence-corrected chi connectivity index (χ2v) is 9.33. The number of fused-ring (bicyclic) bond motifs is 1. The van der Waals surface area contributed by atoms with Gasteiger partial charge in [0.05, 0.1) is 0 Å². The maximum absolute atomic E-state index is 12.9. The molecule has 3 aliphatic rings. The summed E-state index contributed by atoms with van der Waals surface area (Å²) in [5.74, 6) is -0.742. The van der Waals surface area contributed by atoms with Crippen molar-refractivity contribution in [2.45, 2.75) is 76.8 Å².